The molecule has 4 nitrogen and oxygen atoms in total. The molecule has 0 aliphatic carbocycles. The molecule has 5 heteroatoms. The van der Waals surface area contributed by atoms with Crippen LogP contribution in [0, 0.1) is 5.41 Å². The summed E-state index contributed by atoms with van der Waals surface area (Å²) >= 11 is 0. The number of benzene rings is 2. The summed E-state index contributed by atoms with van der Waals surface area (Å²) in [5.41, 5.74) is 2.91. The van der Waals surface area contributed by atoms with Crippen LogP contribution in [0.4, 0.5) is 5.69 Å². The summed E-state index contributed by atoms with van der Waals surface area (Å²) in [6, 6.07) is 16.0. The molecule has 0 aromatic heterocycles. The lowest BCUT2D eigenvalue weighted by Crippen LogP contribution is -2.49. The largest absolute Gasteiger partial charge is 0.476 e. The number of hydrogen-bond donors (Lipinski definition) is 1. The maximum Gasteiger partial charge on any atom is 0.268 e. The molecule has 0 saturated heterocycles. The number of carbonyl (C=O) groups is 1. The molecule has 0 saturated carbocycles. The van der Waals surface area contributed by atoms with E-state index in [0.29, 0.717) is 11.4 Å². The first-order valence-corrected chi connectivity index (χ1v) is 11.8. The van der Waals surface area contributed by atoms with Gasteiger partial charge in [0.05, 0.1) is 11.8 Å². The van der Waals surface area contributed by atoms with Crippen LogP contribution >= 0.6 is 0 Å². The average molecular weight is 383 g/mol. The molecule has 1 aliphatic rings. The lowest BCUT2D eigenvalue weighted by molar-refractivity contribution is -0.128. The Kier molecular flexibility index (Phi) is 5.72. The summed E-state index contributed by atoms with van der Waals surface area (Å²) in [5.74, 6) is 0.563. The summed E-state index contributed by atoms with van der Waals surface area (Å²) in [7, 11) is -0.956. The van der Waals surface area contributed by atoms with Crippen LogP contribution in [0.3, 0.4) is 0 Å². The molecule has 3 rings (SSSR count). The first-order chi connectivity index (χ1) is 12.7. The van der Waals surface area contributed by atoms with Crippen molar-refractivity contribution in [3.63, 3.8) is 0 Å². The van der Waals surface area contributed by atoms with E-state index in [1.807, 2.05) is 36.4 Å². The highest BCUT2D eigenvalue weighted by atomic mass is 28.3. The van der Waals surface area contributed by atoms with Crippen molar-refractivity contribution in [2.45, 2.75) is 52.5 Å². The lowest BCUT2D eigenvalue weighted by atomic mass is 9.87. The molecule has 1 radical (unpaired) electrons. The maximum atomic E-state index is 12.8. The number of nitrogens with one attached hydrogen (secondary N) is 1. The molecular formula is C22H28NO3Si. The van der Waals surface area contributed by atoms with Crippen LogP contribution in [0.5, 0.6) is 5.75 Å². The van der Waals surface area contributed by atoms with Crippen molar-refractivity contribution in [3.05, 3.63) is 48.5 Å². The van der Waals surface area contributed by atoms with Crippen molar-refractivity contribution in [1.29, 1.82) is 0 Å². The molecule has 143 valence electrons. The molecule has 0 bridgehead atoms. The fourth-order valence-corrected chi connectivity index (χ4v) is 4.11. The van der Waals surface area contributed by atoms with Crippen molar-refractivity contribution in [2.75, 3.05) is 5.32 Å². The molecule has 2 aromatic carbocycles. The zero-order valence-corrected chi connectivity index (χ0v) is 17.7. The van der Waals surface area contributed by atoms with Gasteiger partial charge in [0.2, 0.25) is 15.1 Å². The molecule has 1 aliphatic heterocycles. The Morgan fingerprint density at radius 3 is 2.44 bits per heavy atom. The summed E-state index contributed by atoms with van der Waals surface area (Å²) in [5, 5.41) is 3.03. The van der Waals surface area contributed by atoms with Gasteiger partial charge in [-0.05, 0) is 48.2 Å². The highest BCUT2D eigenvalue weighted by Gasteiger charge is 2.38. The minimum atomic E-state index is -0.956. The monoisotopic (exact) mass is 382 g/mol. The zero-order chi connectivity index (χ0) is 19.6. The first-order valence-electron chi connectivity index (χ1n) is 9.37. The molecule has 0 fully saturated rings. The fourth-order valence-electron chi connectivity index (χ4n) is 3.30. The van der Waals surface area contributed by atoms with Crippen molar-refractivity contribution >= 4 is 20.6 Å². The van der Waals surface area contributed by atoms with Gasteiger partial charge in [-0.1, -0.05) is 57.2 Å². The highest BCUT2D eigenvalue weighted by molar-refractivity contribution is 6.48. The van der Waals surface area contributed by atoms with E-state index in [9.17, 15) is 4.79 Å². The number of anilines is 1. The third-order valence-electron chi connectivity index (χ3n) is 4.40. The minimum absolute atomic E-state index is 0.0447. The Labute approximate surface area is 163 Å². The molecule has 1 amide bonds. The van der Waals surface area contributed by atoms with Crippen molar-refractivity contribution < 1.29 is 14.0 Å². The van der Waals surface area contributed by atoms with Crippen LogP contribution in [-0.2, 0) is 9.22 Å². The Morgan fingerprint density at radius 2 is 1.81 bits per heavy atom. The Morgan fingerprint density at radius 1 is 1.11 bits per heavy atom. The number of amides is 1. The number of hydrogen-bond acceptors (Lipinski definition) is 3. The maximum absolute atomic E-state index is 12.8. The van der Waals surface area contributed by atoms with Gasteiger partial charge in [-0.3, -0.25) is 4.79 Å². The summed E-state index contributed by atoms with van der Waals surface area (Å²) in [6.45, 7) is 10.6. The second-order valence-electron chi connectivity index (χ2n) is 8.43. The van der Waals surface area contributed by atoms with Crippen LogP contribution in [0.15, 0.2) is 48.5 Å². The third kappa shape index (κ3) is 4.99. The Bertz CT molecular complexity index is 799. The van der Waals surface area contributed by atoms with E-state index in [2.05, 4.69) is 51.3 Å². The van der Waals surface area contributed by atoms with Gasteiger partial charge >= 0.3 is 0 Å². The van der Waals surface area contributed by atoms with Gasteiger partial charge in [-0.2, -0.15) is 0 Å². The predicted molar refractivity (Wildman–Crippen MR) is 111 cm³/mol. The second kappa shape index (κ2) is 7.86. The van der Waals surface area contributed by atoms with E-state index in [1.54, 1.807) is 0 Å². The highest BCUT2D eigenvalue weighted by Crippen LogP contribution is 2.36. The van der Waals surface area contributed by atoms with E-state index in [4.69, 9.17) is 9.16 Å². The van der Waals surface area contributed by atoms with Crippen LogP contribution in [0.1, 0.15) is 27.2 Å². The second-order valence-corrected chi connectivity index (χ2v) is 10.5. The lowest BCUT2D eigenvalue weighted by Gasteiger charge is -2.35. The van der Waals surface area contributed by atoms with Gasteiger partial charge < -0.3 is 14.5 Å². The number of ether oxygens (including phenoxy) is 1. The molecule has 1 N–H and O–H groups in total. The van der Waals surface area contributed by atoms with Crippen LogP contribution in [0.2, 0.25) is 13.1 Å². The summed E-state index contributed by atoms with van der Waals surface area (Å²) in [4.78, 5) is 12.8. The van der Waals surface area contributed by atoms with E-state index < -0.39 is 15.1 Å². The Hall–Kier alpha value is -2.11. The SMILES string of the molecule is C[Si](C)OC(CC(C)(C)C)C1Oc2ccc(-c3ccccc3)cc2NC1=O. The molecular weight excluding hydrogens is 354 g/mol. The van der Waals surface area contributed by atoms with Crippen molar-refractivity contribution in [2.24, 2.45) is 5.41 Å². The Balaban J connectivity index is 1.85. The predicted octanol–water partition coefficient (Wildman–Crippen LogP) is 5.13. The zero-order valence-electron chi connectivity index (χ0n) is 16.7. The van der Waals surface area contributed by atoms with Gasteiger partial charge in [0, 0.05) is 0 Å². The summed E-state index contributed by atoms with van der Waals surface area (Å²) < 4.78 is 12.3. The van der Waals surface area contributed by atoms with Gasteiger partial charge in [0.25, 0.3) is 5.91 Å². The summed E-state index contributed by atoms with van der Waals surface area (Å²) in [6.07, 6.45) is -0.117. The first kappa shape index (κ1) is 19.6. The van der Waals surface area contributed by atoms with E-state index in [1.165, 1.54) is 0 Å². The van der Waals surface area contributed by atoms with E-state index in [-0.39, 0.29) is 17.4 Å². The van der Waals surface area contributed by atoms with E-state index >= 15 is 0 Å². The smallest absolute Gasteiger partial charge is 0.268 e. The fraction of sp³-hybridized carbons (Fsp3) is 0.409. The van der Waals surface area contributed by atoms with Crippen molar-refractivity contribution in [1.82, 2.24) is 0 Å². The molecule has 2 atom stereocenters. The van der Waals surface area contributed by atoms with Gasteiger partial charge in [-0.15, -0.1) is 0 Å². The quantitative estimate of drug-likeness (QED) is 0.730. The molecule has 1 heterocycles. The van der Waals surface area contributed by atoms with Gasteiger partial charge in [0.1, 0.15) is 5.75 Å². The molecule has 2 aromatic rings. The number of fused-ring (bicyclic) bond motifs is 1. The van der Waals surface area contributed by atoms with Crippen molar-refractivity contribution in [3.8, 4) is 16.9 Å². The normalized spacial score (nSPS) is 17.9. The van der Waals surface area contributed by atoms with Crippen LogP contribution in [-0.4, -0.2) is 27.2 Å². The molecule has 0 spiro atoms. The molecule has 27 heavy (non-hydrogen) atoms. The minimum Gasteiger partial charge on any atom is -0.476 e. The van der Waals surface area contributed by atoms with Gasteiger partial charge in [-0.25, -0.2) is 0 Å². The van der Waals surface area contributed by atoms with E-state index in [0.717, 1.165) is 17.5 Å². The van der Waals surface area contributed by atoms with Gasteiger partial charge in [0.15, 0.2) is 0 Å². The number of rotatable bonds is 5. The number of carbonyl (C=O) groups excluding carboxylic acids is 1. The standard InChI is InChI=1S/C22H28NO3Si/c1-22(2,3)14-19(26-27(4)5)20-21(24)23-17-13-16(11-12-18(17)25-20)15-9-7-6-8-10-15/h6-13,19-20H,14H2,1-5H3,(H,23,24). The molecule has 2 unspecified atom stereocenters. The average Bonchev–Trinajstić information content (AvgIpc) is 2.59. The van der Waals surface area contributed by atoms with Crippen LogP contribution < -0.4 is 10.1 Å². The third-order valence-corrected chi connectivity index (χ3v) is 5.17. The van der Waals surface area contributed by atoms with Crippen LogP contribution in [0.25, 0.3) is 11.1 Å². The topological polar surface area (TPSA) is 47.6 Å².